The van der Waals surface area contributed by atoms with Crippen LogP contribution in [0.15, 0.2) is 30.3 Å². The lowest BCUT2D eigenvalue weighted by atomic mass is 9.90. The Morgan fingerprint density at radius 2 is 1.68 bits per heavy atom. The van der Waals surface area contributed by atoms with Gasteiger partial charge in [-0.25, -0.2) is 0 Å². The van der Waals surface area contributed by atoms with Gasteiger partial charge in [-0.1, -0.05) is 0 Å². The molecule has 1 saturated heterocycles. The number of alkyl halides is 3. The third-order valence-electron chi connectivity index (χ3n) is 5.69. The van der Waals surface area contributed by atoms with Crippen LogP contribution >= 0.6 is 0 Å². The minimum atomic E-state index is -4.60. The van der Waals surface area contributed by atoms with Crippen LogP contribution in [-0.4, -0.2) is 47.1 Å². The molecule has 1 aliphatic heterocycles. The molecule has 3 heterocycles. The highest BCUT2D eigenvalue weighted by atomic mass is 19.4. The smallest absolute Gasteiger partial charge is 0.453 e. The van der Waals surface area contributed by atoms with Gasteiger partial charge in [-0.3, -0.25) is 0 Å². The van der Waals surface area contributed by atoms with Gasteiger partial charge in [0.05, 0.1) is 14.2 Å². The second-order valence-corrected chi connectivity index (χ2v) is 7.67. The molecule has 7 nitrogen and oxygen atoms in total. The number of hydrogen-bond donors (Lipinski definition) is 0. The van der Waals surface area contributed by atoms with E-state index in [2.05, 4.69) is 15.3 Å². The van der Waals surface area contributed by atoms with Gasteiger partial charge in [-0.05, 0) is 61.4 Å². The molecule has 1 aliphatic rings. The van der Waals surface area contributed by atoms with E-state index in [1.807, 2.05) is 23.1 Å². The number of benzene rings is 1. The number of piperidine rings is 1. The van der Waals surface area contributed by atoms with Crippen molar-refractivity contribution in [2.75, 3.05) is 32.2 Å². The average Bonchev–Trinajstić information content (AvgIpc) is 3.21. The topological polar surface area (TPSA) is 64.8 Å². The lowest BCUT2D eigenvalue weighted by molar-refractivity contribution is -0.146. The Labute approximate surface area is 177 Å². The van der Waals surface area contributed by atoms with Crippen molar-refractivity contribution in [3.05, 3.63) is 41.7 Å². The zero-order valence-electron chi connectivity index (χ0n) is 17.4. The molecule has 3 aromatic rings. The van der Waals surface area contributed by atoms with E-state index in [4.69, 9.17) is 9.47 Å². The van der Waals surface area contributed by atoms with Crippen molar-refractivity contribution in [1.29, 1.82) is 0 Å². The summed E-state index contributed by atoms with van der Waals surface area (Å²) in [5.41, 5.74) is 1.25. The first-order valence-electron chi connectivity index (χ1n) is 10.1. The monoisotopic (exact) mass is 435 g/mol. The van der Waals surface area contributed by atoms with E-state index in [9.17, 15) is 13.2 Å². The summed E-state index contributed by atoms with van der Waals surface area (Å²) in [5, 5.41) is 10.9. The fraction of sp³-hybridized carbons (Fsp3) is 0.476. The van der Waals surface area contributed by atoms with Gasteiger partial charge in [0, 0.05) is 19.2 Å². The van der Waals surface area contributed by atoms with Crippen LogP contribution in [0.25, 0.3) is 5.65 Å². The molecule has 4 rings (SSSR count). The molecule has 0 unspecified atom stereocenters. The van der Waals surface area contributed by atoms with E-state index in [1.165, 1.54) is 6.07 Å². The molecule has 0 atom stereocenters. The van der Waals surface area contributed by atoms with E-state index in [0.717, 1.165) is 60.4 Å². The van der Waals surface area contributed by atoms with Crippen LogP contribution in [-0.2, 0) is 12.6 Å². The number of fused-ring (bicyclic) bond motifs is 1. The fourth-order valence-electron chi connectivity index (χ4n) is 3.96. The summed E-state index contributed by atoms with van der Waals surface area (Å²) >= 11 is 0. The largest absolute Gasteiger partial charge is 0.497 e. The highest BCUT2D eigenvalue weighted by Crippen LogP contribution is 2.30. The van der Waals surface area contributed by atoms with Crippen molar-refractivity contribution in [2.45, 2.75) is 31.9 Å². The highest BCUT2D eigenvalue weighted by Gasteiger charge is 2.37. The molecule has 0 saturated carbocycles. The lowest BCUT2D eigenvalue weighted by Crippen LogP contribution is -2.34. The van der Waals surface area contributed by atoms with Crippen molar-refractivity contribution in [3.8, 4) is 11.5 Å². The van der Waals surface area contributed by atoms with Gasteiger partial charge < -0.3 is 14.4 Å². The Balaban J connectivity index is 1.38. The minimum Gasteiger partial charge on any atom is -0.497 e. The summed E-state index contributed by atoms with van der Waals surface area (Å²) in [7, 11) is 3.27. The van der Waals surface area contributed by atoms with Crippen molar-refractivity contribution in [2.24, 2.45) is 5.92 Å². The number of methoxy groups -OCH3 is 2. The van der Waals surface area contributed by atoms with Gasteiger partial charge in [0.1, 0.15) is 17.3 Å². The van der Waals surface area contributed by atoms with Gasteiger partial charge in [0.15, 0.2) is 5.65 Å². The molecule has 1 aromatic carbocycles. The second kappa shape index (κ2) is 8.60. The maximum Gasteiger partial charge on any atom is 0.453 e. The number of ether oxygens (including phenoxy) is 2. The molecule has 0 bridgehead atoms. The molecule has 0 N–H and O–H groups in total. The molecule has 0 amide bonds. The van der Waals surface area contributed by atoms with Crippen LogP contribution in [0.3, 0.4) is 0 Å². The lowest BCUT2D eigenvalue weighted by Gasteiger charge is -2.32. The summed E-state index contributed by atoms with van der Waals surface area (Å²) < 4.78 is 50.7. The molecule has 0 spiro atoms. The van der Waals surface area contributed by atoms with E-state index in [-0.39, 0.29) is 5.65 Å². The van der Waals surface area contributed by atoms with Gasteiger partial charge in [-0.2, -0.15) is 17.7 Å². The van der Waals surface area contributed by atoms with Crippen LogP contribution in [0.4, 0.5) is 19.0 Å². The van der Waals surface area contributed by atoms with E-state index in [1.54, 1.807) is 20.3 Å². The normalized spacial score (nSPS) is 15.5. The number of halogens is 3. The zero-order chi connectivity index (χ0) is 22.0. The van der Waals surface area contributed by atoms with E-state index >= 15 is 0 Å². The molecule has 31 heavy (non-hydrogen) atoms. The zero-order valence-corrected chi connectivity index (χ0v) is 17.4. The molecular formula is C21H24F3N5O2. The van der Waals surface area contributed by atoms with Gasteiger partial charge >= 0.3 is 6.18 Å². The number of hydrogen-bond acceptors (Lipinski definition) is 6. The molecule has 1 fully saturated rings. The summed E-state index contributed by atoms with van der Waals surface area (Å²) in [6.45, 7) is 1.49. The quantitative estimate of drug-likeness (QED) is 0.583. The van der Waals surface area contributed by atoms with Crippen LogP contribution in [0.2, 0.25) is 0 Å². The molecule has 10 heteroatoms. The van der Waals surface area contributed by atoms with Crippen LogP contribution in [0.1, 0.15) is 30.7 Å². The summed E-state index contributed by atoms with van der Waals surface area (Å²) in [6, 6.07) is 9.12. The van der Waals surface area contributed by atoms with Gasteiger partial charge in [0.2, 0.25) is 0 Å². The Hall–Kier alpha value is -3.04. The third kappa shape index (κ3) is 4.67. The molecule has 2 aromatic heterocycles. The van der Waals surface area contributed by atoms with Crippen molar-refractivity contribution < 1.29 is 22.6 Å². The Morgan fingerprint density at radius 1 is 1.00 bits per heavy atom. The number of rotatable bonds is 6. The fourth-order valence-corrected chi connectivity index (χ4v) is 3.96. The van der Waals surface area contributed by atoms with Crippen LogP contribution in [0.5, 0.6) is 11.5 Å². The maximum absolute atomic E-state index is 13.1. The Bertz CT molecular complexity index is 1020. The predicted molar refractivity (Wildman–Crippen MR) is 109 cm³/mol. The first kappa shape index (κ1) is 21.2. The molecule has 0 aliphatic carbocycles. The highest BCUT2D eigenvalue weighted by molar-refractivity contribution is 5.46. The predicted octanol–water partition coefficient (Wildman–Crippen LogP) is 4.01. The SMILES string of the molecule is COc1cc(CCC2CCN(c3ccc4nnc(C(F)(F)F)n4n3)CC2)cc(OC)c1. The second-order valence-electron chi connectivity index (χ2n) is 7.67. The van der Waals surface area contributed by atoms with Crippen LogP contribution in [0, 0.1) is 5.92 Å². The van der Waals surface area contributed by atoms with Crippen LogP contribution < -0.4 is 14.4 Å². The van der Waals surface area contributed by atoms with Crippen molar-refractivity contribution in [1.82, 2.24) is 19.8 Å². The first-order chi connectivity index (χ1) is 14.9. The van der Waals surface area contributed by atoms with E-state index in [0.29, 0.717) is 11.7 Å². The van der Waals surface area contributed by atoms with Gasteiger partial charge in [-0.15, -0.1) is 15.3 Å². The number of aryl methyl sites for hydroxylation is 1. The van der Waals surface area contributed by atoms with E-state index < -0.39 is 12.0 Å². The summed E-state index contributed by atoms with van der Waals surface area (Å²) in [5.74, 6) is 1.50. The van der Waals surface area contributed by atoms with Crippen molar-refractivity contribution in [3.63, 3.8) is 0 Å². The number of aromatic nitrogens is 4. The minimum absolute atomic E-state index is 0.0830. The summed E-state index contributed by atoms with van der Waals surface area (Å²) in [6.07, 6.45) is -0.747. The Morgan fingerprint density at radius 3 is 2.29 bits per heavy atom. The number of nitrogens with zero attached hydrogens (tertiary/aromatic N) is 5. The number of anilines is 1. The summed E-state index contributed by atoms with van der Waals surface area (Å²) in [4.78, 5) is 2.02. The molecule has 0 radical (unpaired) electrons. The molecular weight excluding hydrogens is 411 g/mol. The van der Waals surface area contributed by atoms with Crippen molar-refractivity contribution >= 4 is 11.5 Å². The maximum atomic E-state index is 13.1. The first-order valence-corrected chi connectivity index (χ1v) is 10.1. The molecule has 166 valence electrons. The standard InChI is InChI=1S/C21H24F3N5O2/c1-30-16-11-15(12-17(13-16)31-2)4-3-14-7-9-28(10-8-14)19-6-5-18-25-26-20(21(22,23)24)29(18)27-19/h5-6,11-14H,3-4,7-10H2,1-2H3. The average molecular weight is 435 g/mol. The Kier molecular flexibility index (Phi) is 5.88. The van der Waals surface area contributed by atoms with Gasteiger partial charge in [0.25, 0.3) is 5.82 Å². The third-order valence-corrected chi connectivity index (χ3v) is 5.69.